The summed E-state index contributed by atoms with van der Waals surface area (Å²) < 4.78 is 5.18. The van der Waals surface area contributed by atoms with Gasteiger partial charge in [0.2, 0.25) is 0 Å². The van der Waals surface area contributed by atoms with Crippen LogP contribution in [-0.4, -0.2) is 12.2 Å². The second-order valence-electron chi connectivity index (χ2n) is 3.51. The van der Waals surface area contributed by atoms with Crippen molar-refractivity contribution in [2.24, 2.45) is 0 Å². The summed E-state index contributed by atoms with van der Waals surface area (Å²) in [5.74, 6) is 0.658. The van der Waals surface area contributed by atoms with Crippen LogP contribution in [0.3, 0.4) is 0 Å². The molecule has 0 aromatic heterocycles. The molecule has 1 aromatic rings. The van der Waals surface area contributed by atoms with Crippen molar-refractivity contribution in [1.82, 2.24) is 0 Å². The van der Waals surface area contributed by atoms with E-state index in [1.54, 1.807) is 13.2 Å². The first-order valence-electron chi connectivity index (χ1n) is 5.21. The van der Waals surface area contributed by atoms with Gasteiger partial charge in [0.05, 0.1) is 18.2 Å². The Kier molecular flexibility index (Phi) is 4.92. The van der Waals surface area contributed by atoms with E-state index in [1.165, 1.54) is 0 Å². The Morgan fingerprint density at radius 2 is 2.20 bits per heavy atom. The Bertz CT molecular complexity index is 312. The van der Waals surface area contributed by atoms with Crippen LogP contribution in [0.25, 0.3) is 0 Å². The second-order valence-corrected chi connectivity index (χ2v) is 3.92. The number of hydrogen-bond donors (Lipinski definition) is 1. The van der Waals surface area contributed by atoms with Crippen molar-refractivity contribution in [3.8, 4) is 5.75 Å². The Morgan fingerprint density at radius 1 is 1.47 bits per heavy atom. The maximum Gasteiger partial charge on any atom is 0.126 e. The zero-order valence-electron chi connectivity index (χ0n) is 9.16. The standard InChI is InChI=1S/C12H17ClO2/c1-3-4-7-10(14)12-9(13)6-5-8-11(12)15-2/h5-6,8,10,14H,3-4,7H2,1-2H3. The molecule has 0 saturated heterocycles. The Hall–Kier alpha value is -0.730. The number of rotatable bonds is 5. The average Bonchev–Trinajstić information content (AvgIpc) is 2.25. The monoisotopic (exact) mass is 228 g/mol. The van der Waals surface area contributed by atoms with Gasteiger partial charge in [-0.1, -0.05) is 37.4 Å². The quantitative estimate of drug-likeness (QED) is 0.835. The van der Waals surface area contributed by atoms with Gasteiger partial charge >= 0.3 is 0 Å². The zero-order valence-corrected chi connectivity index (χ0v) is 9.92. The molecule has 0 radical (unpaired) electrons. The van der Waals surface area contributed by atoms with Gasteiger partial charge in [0.1, 0.15) is 5.75 Å². The third-order valence-electron chi connectivity index (χ3n) is 2.40. The summed E-state index contributed by atoms with van der Waals surface area (Å²) in [6.45, 7) is 2.09. The van der Waals surface area contributed by atoms with Crippen molar-refractivity contribution in [1.29, 1.82) is 0 Å². The van der Waals surface area contributed by atoms with Crippen molar-refractivity contribution in [2.45, 2.75) is 32.3 Å². The molecule has 1 unspecified atom stereocenters. The van der Waals surface area contributed by atoms with E-state index in [0.29, 0.717) is 16.3 Å². The molecule has 2 nitrogen and oxygen atoms in total. The molecular formula is C12H17ClO2. The minimum atomic E-state index is -0.534. The minimum Gasteiger partial charge on any atom is -0.496 e. The number of hydrogen-bond acceptors (Lipinski definition) is 2. The number of aliphatic hydroxyl groups excluding tert-OH is 1. The molecule has 0 heterocycles. The smallest absolute Gasteiger partial charge is 0.126 e. The fourth-order valence-corrected chi connectivity index (χ4v) is 1.85. The predicted octanol–water partition coefficient (Wildman–Crippen LogP) is 3.57. The predicted molar refractivity (Wildman–Crippen MR) is 62.5 cm³/mol. The minimum absolute atomic E-state index is 0.534. The summed E-state index contributed by atoms with van der Waals surface area (Å²) >= 11 is 6.04. The van der Waals surface area contributed by atoms with E-state index < -0.39 is 6.10 Å². The van der Waals surface area contributed by atoms with E-state index in [9.17, 15) is 5.11 Å². The maximum atomic E-state index is 9.98. The van der Waals surface area contributed by atoms with Gasteiger partial charge in [0, 0.05) is 5.56 Å². The van der Waals surface area contributed by atoms with Gasteiger partial charge in [0.25, 0.3) is 0 Å². The van der Waals surface area contributed by atoms with Gasteiger partial charge < -0.3 is 9.84 Å². The van der Waals surface area contributed by atoms with Crippen LogP contribution >= 0.6 is 11.6 Å². The van der Waals surface area contributed by atoms with Crippen molar-refractivity contribution in [3.05, 3.63) is 28.8 Å². The molecule has 1 rings (SSSR count). The van der Waals surface area contributed by atoms with E-state index in [4.69, 9.17) is 16.3 Å². The lowest BCUT2D eigenvalue weighted by Crippen LogP contribution is -2.01. The third kappa shape index (κ3) is 3.11. The number of halogens is 1. The van der Waals surface area contributed by atoms with Crippen LogP contribution < -0.4 is 4.74 Å². The first-order chi connectivity index (χ1) is 7.20. The summed E-state index contributed by atoms with van der Waals surface area (Å²) in [6.07, 6.45) is 2.23. The molecule has 0 bridgehead atoms. The molecule has 1 N–H and O–H groups in total. The summed E-state index contributed by atoms with van der Waals surface area (Å²) in [5.41, 5.74) is 0.704. The number of aliphatic hydroxyl groups is 1. The molecule has 15 heavy (non-hydrogen) atoms. The van der Waals surface area contributed by atoms with E-state index in [0.717, 1.165) is 19.3 Å². The molecule has 0 fully saturated rings. The third-order valence-corrected chi connectivity index (χ3v) is 2.73. The van der Waals surface area contributed by atoms with Crippen LogP contribution in [0.2, 0.25) is 5.02 Å². The second kappa shape index (κ2) is 5.99. The van der Waals surface area contributed by atoms with Crippen molar-refractivity contribution >= 4 is 11.6 Å². The van der Waals surface area contributed by atoms with E-state index >= 15 is 0 Å². The van der Waals surface area contributed by atoms with Gasteiger partial charge in [-0.25, -0.2) is 0 Å². The van der Waals surface area contributed by atoms with E-state index in [-0.39, 0.29) is 0 Å². The Balaban J connectivity index is 2.90. The van der Waals surface area contributed by atoms with Crippen LogP contribution in [0.15, 0.2) is 18.2 Å². The molecule has 1 aromatic carbocycles. The lowest BCUT2D eigenvalue weighted by molar-refractivity contribution is 0.160. The lowest BCUT2D eigenvalue weighted by Gasteiger charge is -2.15. The van der Waals surface area contributed by atoms with Crippen LogP contribution in [0.5, 0.6) is 5.75 Å². The molecule has 0 spiro atoms. The highest BCUT2D eigenvalue weighted by Crippen LogP contribution is 2.34. The van der Waals surface area contributed by atoms with Crippen LogP contribution in [-0.2, 0) is 0 Å². The van der Waals surface area contributed by atoms with Crippen molar-refractivity contribution in [3.63, 3.8) is 0 Å². The fraction of sp³-hybridized carbons (Fsp3) is 0.500. The van der Waals surface area contributed by atoms with Gasteiger partial charge in [-0.15, -0.1) is 0 Å². The number of unbranched alkanes of at least 4 members (excludes halogenated alkanes) is 1. The number of ether oxygens (including phenoxy) is 1. The fourth-order valence-electron chi connectivity index (χ4n) is 1.56. The average molecular weight is 229 g/mol. The normalized spacial score (nSPS) is 12.5. The lowest BCUT2D eigenvalue weighted by atomic mass is 10.0. The molecular weight excluding hydrogens is 212 g/mol. The number of methoxy groups -OCH3 is 1. The molecule has 3 heteroatoms. The van der Waals surface area contributed by atoms with Crippen molar-refractivity contribution < 1.29 is 9.84 Å². The summed E-state index contributed by atoms with van der Waals surface area (Å²) in [5, 5.41) is 10.5. The topological polar surface area (TPSA) is 29.5 Å². The molecule has 0 aliphatic rings. The number of benzene rings is 1. The molecule has 0 saturated carbocycles. The van der Waals surface area contributed by atoms with Gasteiger partial charge in [-0.2, -0.15) is 0 Å². The maximum absolute atomic E-state index is 9.98. The SMILES string of the molecule is CCCCC(O)c1c(Cl)cccc1OC. The van der Waals surface area contributed by atoms with Crippen molar-refractivity contribution in [2.75, 3.05) is 7.11 Å². The van der Waals surface area contributed by atoms with Gasteiger partial charge in [-0.05, 0) is 18.6 Å². The Morgan fingerprint density at radius 3 is 2.80 bits per heavy atom. The zero-order chi connectivity index (χ0) is 11.3. The van der Waals surface area contributed by atoms with Gasteiger partial charge in [-0.3, -0.25) is 0 Å². The highest BCUT2D eigenvalue weighted by Gasteiger charge is 2.16. The summed E-state index contributed by atoms with van der Waals surface area (Å²) in [7, 11) is 1.59. The first kappa shape index (κ1) is 12.3. The summed E-state index contributed by atoms with van der Waals surface area (Å²) in [4.78, 5) is 0. The molecule has 84 valence electrons. The molecule has 0 aliphatic carbocycles. The highest BCUT2D eigenvalue weighted by molar-refractivity contribution is 6.31. The largest absolute Gasteiger partial charge is 0.496 e. The van der Waals surface area contributed by atoms with Crippen LogP contribution in [0, 0.1) is 0 Å². The molecule has 0 amide bonds. The summed E-state index contributed by atoms with van der Waals surface area (Å²) in [6, 6.07) is 5.40. The van der Waals surface area contributed by atoms with E-state index in [2.05, 4.69) is 6.92 Å². The van der Waals surface area contributed by atoms with E-state index in [1.807, 2.05) is 12.1 Å². The van der Waals surface area contributed by atoms with Gasteiger partial charge in [0.15, 0.2) is 0 Å². The first-order valence-corrected chi connectivity index (χ1v) is 5.59. The molecule has 1 atom stereocenters. The Labute approximate surface area is 95.8 Å². The highest BCUT2D eigenvalue weighted by atomic mass is 35.5. The van der Waals surface area contributed by atoms with Crippen LogP contribution in [0.1, 0.15) is 37.9 Å². The van der Waals surface area contributed by atoms with Crippen LogP contribution in [0.4, 0.5) is 0 Å². The molecule has 0 aliphatic heterocycles.